The van der Waals surface area contributed by atoms with Crippen molar-refractivity contribution >= 4 is 16.8 Å². The van der Waals surface area contributed by atoms with E-state index >= 15 is 0 Å². The average Bonchev–Trinajstić information content (AvgIpc) is 2.55. The lowest BCUT2D eigenvalue weighted by molar-refractivity contribution is -0.144. The zero-order valence-electron chi connectivity index (χ0n) is 12.7. The maximum absolute atomic E-state index is 13.3. The van der Waals surface area contributed by atoms with Gasteiger partial charge in [0.2, 0.25) is 0 Å². The molecule has 1 aromatic carbocycles. The van der Waals surface area contributed by atoms with E-state index in [2.05, 4.69) is 4.98 Å². The summed E-state index contributed by atoms with van der Waals surface area (Å²) in [6.45, 7) is -0.386. The van der Waals surface area contributed by atoms with E-state index in [0.717, 1.165) is 11.5 Å². The standard InChI is InChI=1S/C17H12F3N3O2/c18-17(19,20)13-7-6-12(15(21)24)16(25)23(13)9-11-4-1-3-10-5-2-8-22-14(10)11/h1-8H,9H2,(H2,21,24). The first-order chi connectivity index (χ1) is 11.8. The molecule has 0 saturated heterocycles. The summed E-state index contributed by atoms with van der Waals surface area (Å²) in [5.74, 6) is -1.08. The molecule has 2 heterocycles. The normalized spacial score (nSPS) is 11.6. The van der Waals surface area contributed by atoms with Gasteiger partial charge in [-0.25, -0.2) is 0 Å². The van der Waals surface area contributed by atoms with E-state index in [1.165, 1.54) is 6.20 Å². The van der Waals surface area contributed by atoms with Gasteiger partial charge in [0.25, 0.3) is 11.5 Å². The topological polar surface area (TPSA) is 78.0 Å². The maximum Gasteiger partial charge on any atom is 0.431 e. The number of fused-ring (bicyclic) bond motifs is 1. The smallest absolute Gasteiger partial charge is 0.365 e. The minimum absolute atomic E-state index is 0.386. The summed E-state index contributed by atoms with van der Waals surface area (Å²) >= 11 is 0. The number of halogens is 3. The molecule has 3 rings (SSSR count). The number of nitrogens with two attached hydrogens (primary N) is 1. The van der Waals surface area contributed by atoms with E-state index in [1.807, 2.05) is 0 Å². The Kier molecular flexibility index (Phi) is 4.03. The molecule has 0 aliphatic carbocycles. The molecular weight excluding hydrogens is 335 g/mol. The number of primary amides is 1. The van der Waals surface area contributed by atoms with Gasteiger partial charge in [0.05, 0.1) is 12.1 Å². The van der Waals surface area contributed by atoms with Gasteiger partial charge < -0.3 is 5.73 Å². The Labute approximate surface area is 139 Å². The summed E-state index contributed by atoms with van der Waals surface area (Å²) in [5, 5.41) is 0.729. The first-order valence-electron chi connectivity index (χ1n) is 7.22. The van der Waals surface area contributed by atoms with Crippen LogP contribution in [0.1, 0.15) is 21.6 Å². The van der Waals surface area contributed by atoms with Crippen LogP contribution in [0.4, 0.5) is 13.2 Å². The van der Waals surface area contributed by atoms with Crippen LogP contribution in [0, 0.1) is 0 Å². The molecule has 0 aliphatic rings. The Morgan fingerprint density at radius 2 is 1.84 bits per heavy atom. The van der Waals surface area contributed by atoms with Crippen LogP contribution in [0.25, 0.3) is 10.9 Å². The van der Waals surface area contributed by atoms with Crippen LogP contribution in [0.5, 0.6) is 0 Å². The van der Waals surface area contributed by atoms with Gasteiger partial charge in [-0.15, -0.1) is 0 Å². The summed E-state index contributed by atoms with van der Waals surface area (Å²) in [6, 6.07) is 9.95. The highest BCUT2D eigenvalue weighted by atomic mass is 19.4. The number of amides is 1. The predicted molar refractivity (Wildman–Crippen MR) is 85.1 cm³/mol. The molecule has 2 N–H and O–H groups in total. The van der Waals surface area contributed by atoms with E-state index in [0.29, 0.717) is 21.7 Å². The van der Waals surface area contributed by atoms with Crippen molar-refractivity contribution in [1.82, 2.24) is 9.55 Å². The summed E-state index contributed by atoms with van der Waals surface area (Å²) in [4.78, 5) is 27.8. The third-order valence-electron chi connectivity index (χ3n) is 3.77. The summed E-state index contributed by atoms with van der Waals surface area (Å²) < 4.78 is 40.4. The molecule has 128 valence electrons. The molecule has 0 saturated carbocycles. The molecule has 3 aromatic rings. The molecule has 1 amide bonds. The third-order valence-corrected chi connectivity index (χ3v) is 3.77. The monoisotopic (exact) mass is 347 g/mol. The Balaban J connectivity index is 2.23. The Morgan fingerprint density at radius 1 is 1.12 bits per heavy atom. The number of aromatic nitrogens is 2. The van der Waals surface area contributed by atoms with E-state index in [-0.39, 0.29) is 6.54 Å². The van der Waals surface area contributed by atoms with Crippen LogP contribution in [0.3, 0.4) is 0 Å². The molecule has 0 bridgehead atoms. The van der Waals surface area contributed by atoms with Crippen LogP contribution in [0.2, 0.25) is 0 Å². The van der Waals surface area contributed by atoms with Gasteiger partial charge in [0, 0.05) is 11.6 Å². The van der Waals surface area contributed by atoms with E-state index in [1.54, 1.807) is 30.3 Å². The lowest BCUT2D eigenvalue weighted by Crippen LogP contribution is -2.34. The van der Waals surface area contributed by atoms with Gasteiger partial charge in [0.15, 0.2) is 0 Å². The Morgan fingerprint density at radius 3 is 2.52 bits per heavy atom. The quantitative estimate of drug-likeness (QED) is 0.791. The van der Waals surface area contributed by atoms with Crippen molar-refractivity contribution in [1.29, 1.82) is 0 Å². The van der Waals surface area contributed by atoms with Crippen molar-refractivity contribution in [2.24, 2.45) is 5.73 Å². The lowest BCUT2D eigenvalue weighted by atomic mass is 10.1. The molecule has 5 nitrogen and oxygen atoms in total. The van der Waals surface area contributed by atoms with E-state index in [4.69, 9.17) is 5.73 Å². The highest BCUT2D eigenvalue weighted by Gasteiger charge is 2.35. The van der Waals surface area contributed by atoms with Gasteiger partial charge in [-0.2, -0.15) is 13.2 Å². The van der Waals surface area contributed by atoms with Crippen molar-refractivity contribution in [2.75, 3.05) is 0 Å². The molecule has 0 fully saturated rings. The fourth-order valence-electron chi connectivity index (χ4n) is 2.64. The third kappa shape index (κ3) is 3.10. The molecular formula is C17H12F3N3O2. The van der Waals surface area contributed by atoms with Crippen LogP contribution in [0.15, 0.2) is 53.5 Å². The molecule has 8 heteroatoms. The SMILES string of the molecule is NC(=O)c1ccc(C(F)(F)F)n(Cc2cccc3cccnc23)c1=O. The van der Waals surface area contributed by atoms with Gasteiger partial charge in [0.1, 0.15) is 11.3 Å². The number of pyridine rings is 2. The van der Waals surface area contributed by atoms with Crippen molar-refractivity contribution in [3.8, 4) is 0 Å². The zero-order valence-corrected chi connectivity index (χ0v) is 12.7. The molecule has 0 radical (unpaired) electrons. The Hall–Kier alpha value is -3.16. The van der Waals surface area contributed by atoms with Crippen molar-refractivity contribution in [3.05, 3.63) is 75.8 Å². The van der Waals surface area contributed by atoms with Crippen LogP contribution >= 0.6 is 0 Å². The minimum Gasteiger partial charge on any atom is -0.365 e. The van der Waals surface area contributed by atoms with E-state index in [9.17, 15) is 22.8 Å². The second kappa shape index (κ2) is 6.04. The van der Waals surface area contributed by atoms with Crippen LogP contribution in [-0.2, 0) is 12.7 Å². The summed E-state index contributed by atoms with van der Waals surface area (Å²) in [6.07, 6.45) is -3.24. The molecule has 0 aliphatic heterocycles. The predicted octanol–water partition coefficient (Wildman–Crippen LogP) is 2.56. The number of rotatable bonds is 3. The van der Waals surface area contributed by atoms with Crippen molar-refractivity contribution in [2.45, 2.75) is 12.7 Å². The maximum atomic E-state index is 13.3. The first-order valence-corrected chi connectivity index (χ1v) is 7.22. The number of carbonyl (C=O) groups excluding carboxylic acids is 1. The average molecular weight is 347 g/mol. The van der Waals surface area contributed by atoms with Crippen LogP contribution in [-0.4, -0.2) is 15.5 Å². The van der Waals surface area contributed by atoms with Gasteiger partial charge >= 0.3 is 6.18 Å². The van der Waals surface area contributed by atoms with Crippen LogP contribution < -0.4 is 11.3 Å². The number of benzene rings is 1. The molecule has 0 atom stereocenters. The number of alkyl halides is 3. The fraction of sp³-hybridized carbons (Fsp3) is 0.118. The second-order valence-corrected chi connectivity index (χ2v) is 5.38. The van der Waals surface area contributed by atoms with Crippen molar-refractivity contribution < 1.29 is 18.0 Å². The Bertz CT molecular complexity index is 1020. The summed E-state index contributed by atoms with van der Waals surface area (Å²) in [5.41, 5.74) is 3.24. The molecule has 0 spiro atoms. The van der Waals surface area contributed by atoms with Gasteiger partial charge in [-0.3, -0.25) is 19.1 Å². The van der Waals surface area contributed by atoms with Gasteiger partial charge in [-0.1, -0.05) is 24.3 Å². The molecule has 2 aromatic heterocycles. The molecule has 0 unspecified atom stereocenters. The number of hydrogen-bond acceptors (Lipinski definition) is 3. The number of para-hydroxylation sites is 1. The first kappa shape index (κ1) is 16.7. The number of hydrogen-bond donors (Lipinski definition) is 1. The zero-order chi connectivity index (χ0) is 18.2. The highest BCUT2D eigenvalue weighted by molar-refractivity contribution is 5.92. The lowest BCUT2D eigenvalue weighted by Gasteiger charge is -2.17. The number of nitrogens with zero attached hydrogens (tertiary/aromatic N) is 2. The largest absolute Gasteiger partial charge is 0.431 e. The van der Waals surface area contributed by atoms with Gasteiger partial charge in [-0.05, 0) is 23.8 Å². The highest BCUT2D eigenvalue weighted by Crippen LogP contribution is 2.29. The number of carbonyl (C=O) groups is 1. The molecule has 25 heavy (non-hydrogen) atoms. The van der Waals surface area contributed by atoms with E-state index < -0.39 is 28.9 Å². The second-order valence-electron chi connectivity index (χ2n) is 5.38. The minimum atomic E-state index is -4.76. The fourth-order valence-corrected chi connectivity index (χ4v) is 2.64. The summed E-state index contributed by atoms with van der Waals surface area (Å²) in [7, 11) is 0. The van der Waals surface area contributed by atoms with Crippen molar-refractivity contribution in [3.63, 3.8) is 0 Å².